The Morgan fingerprint density at radius 3 is 2.60 bits per heavy atom. The van der Waals surface area contributed by atoms with Crippen LogP contribution in [0.25, 0.3) is 11.4 Å². The number of hydrogen-bond donors (Lipinski definition) is 1. The minimum absolute atomic E-state index is 0.0196. The van der Waals surface area contributed by atoms with Crippen LogP contribution in [0.15, 0.2) is 55.9 Å². The second-order valence-corrected chi connectivity index (χ2v) is 9.29. The Morgan fingerprint density at radius 1 is 1.17 bits per heavy atom. The van der Waals surface area contributed by atoms with Crippen molar-refractivity contribution in [1.82, 2.24) is 15.0 Å². The summed E-state index contributed by atoms with van der Waals surface area (Å²) in [5.74, 6) is 1.30. The van der Waals surface area contributed by atoms with Gasteiger partial charge in [-0.3, -0.25) is 9.69 Å². The summed E-state index contributed by atoms with van der Waals surface area (Å²) in [6.07, 6.45) is 1.63. The smallest absolute Gasteiger partial charge is 0.241 e. The Hall–Kier alpha value is -2.03. The van der Waals surface area contributed by atoms with E-state index >= 15 is 0 Å². The molecular weight excluding hydrogens is 512 g/mol. The summed E-state index contributed by atoms with van der Waals surface area (Å²) in [5.41, 5.74) is 2.87. The lowest BCUT2D eigenvalue weighted by Gasteiger charge is -2.30. The fourth-order valence-electron chi connectivity index (χ4n) is 3.55. The molecule has 1 N–H and O–H groups in total. The van der Waals surface area contributed by atoms with Crippen molar-refractivity contribution in [2.45, 2.75) is 26.3 Å². The largest absolute Gasteiger partial charge is 0.338 e. The highest BCUT2D eigenvalue weighted by Gasteiger charge is 2.26. The highest BCUT2D eigenvalue weighted by molar-refractivity contribution is 9.10. The molecule has 1 aliphatic heterocycles. The first-order valence-electron chi connectivity index (χ1n) is 9.86. The van der Waals surface area contributed by atoms with Gasteiger partial charge in [-0.1, -0.05) is 37.0 Å². The third kappa shape index (κ3) is 5.17. The van der Waals surface area contributed by atoms with Gasteiger partial charge in [0, 0.05) is 26.1 Å². The van der Waals surface area contributed by atoms with E-state index in [0.717, 1.165) is 51.7 Å². The Morgan fingerprint density at radius 2 is 1.90 bits per heavy atom. The standard InChI is InChI=1S/C22H22Br2N4O2/c1-14-12-18(6-7-19(14)24)25-22(29)16-8-10-28(11-9-16)13-20-26-21(27-30-20)15-2-4-17(23)5-3-15/h2-7,12,16H,8-11,13H2,1H3,(H,25,29). The first-order valence-corrected chi connectivity index (χ1v) is 11.4. The van der Waals surface area contributed by atoms with Crippen LogP contribution in [0.5, 0.6) is 0 Å². The van der Waals surface area contributed by atoms with Crippen LogP contribution in [0, 0.1) is 12.8 Å². The average Bonchev–Trinajstić information content (AvgIpc) is 3.20. The van der Waals surface area contributed by atoms with Crippen LogP contribution in [-0.2, 0) is 11.3 Å². The summed E-state index contributed by atoms with van der Waals surface area (Å²) in [5, 5.41) is 7.14. The highest BCUT2D eigenvalue weighted by Crippen LogP contribution is 2.24. The minimum Gasteiger partial charge on any atom is -0.338 e. The molecule has 3 aromatic rings. The second kappa shape index (κ2) is 9.41. The van der Waals surface area contributed by atoms with Crippen molar-refractivity contribution in [3.05, 3.63) is 62.9 Å². The number of nitrogens with one attached hydrogen (secondary N) is 1. The van der Waals surface area contributed by atoms with Gasteiger partial charge in [0.1, 0.15) is 0 Å². The molecule has 30 heavy (non-hydrogen) atoms. The van der Waals surface area contributed by atoms with Gasteiger partial charge in [0.25, 0.3) is 0 Å². The van der Waals surface area contributed by atoms with E-state index in [-0.39, 0.29) is 11.8 Å². The number of nitrogens with zero attached hydrogens (tertiary/aromatic N) is 3. The SMILES string of the molecule is Cc1cc(NC(=O)C2CCN(Cc3nc(-c4ccc(Br)cc4)no3)CC2)ccc1Br. The number of amides is 1. The molecule has 6 nitrogen and oxygen atoms in total. The van der Waals surface area contributed by atoms with Gasteiger partial charge in [0.2, 0.25) is 17.6 Å². The molecular formula is C22H22Br2N4O2. The number of piperidine rings is 1. The zero-order valence-corrected chi connectivity index (χ0v) is 19.7. The van der Waals surface area contributed by atoms with E-state index in [2.05, 4.69) is 52.2 Å². The lowest BCUT2D eigenvalue weighted by atomic mass is 9.96. The molecule has 0 aliphatic carbocycles. The number of carbonyl (C=O) groups is 1. The number of anilines is 1. The van der Waals surface area contributed by atoms with Crippen molar-refractivity contribution >= 4 is 43.5 Å². The van der Waals surface area contributed by atoms with E-state index in [1.165, 1.54) is 0 Å². The Kier molecular flexibility index (Phi) is 6.65. The van der Waals surface area contributed by atoms with Gasteiger partial charge in [0.05, 0.1) is 6.54 Å². The fraction of sp³-hybridized carbons (Fsp3) is 0.318. The molecule has 1 aliphatic rings. The number of benzene rings is 2. The van der Waals surface area contributed by atoms with Gasteiger partial charge >= 0.3 is 0 Å². The summed E-state index contributed by atoms with van der Waals surface area (Å²) in [6.45, 7) is 4.27. The number of likely N-dealkylation sites (tertiary alicyclic amines) is 1. The zero-order valence-electron chi connectivity index (χ0n) is 16.6. The van der Waals surface area contributed by atoms with Gasteiger partial charge < -0.3 is 9.84 Å². The molecule has 1 aromatic heterocycles. The monoisotopic (exact) mass is 532 g/mol. The number of aryl methyl sites for hydroxylation is 1. The van der Waals surface area contributed by atoms with Gasteiger partial charge in [-0.2, -0.15) is 4.98 Å². The first-order chi connectivity index (χ1) is 14.5. The quantitative estimate of drug-likeness (QED) is 0.474. The number of hydrogen-bond acceptors (Lipinski definition) is 5. The summed E-state index contributed by atoms with van der Waals surface area (Å²) >= 11 is 6.91. The molecule has 4 rings (SSSR count). The fourth-order valence-corrected chi connectivity index (χ4v) is 4.06. The summed E-state index contributed by atoms with van der Waals surface area (Å²) in [7, 11) is 0. The lowest BCUT2D eigenvalue weighted by molar-refractivity contribution is -0.121. The van der Waals surface area contributed by atoms with Crippen molar-refractivity contribution in [3.63, 3.8) is 0 Å². The van der Waals surface area contributed by atoms with E-state index in [1.807, 2.05) is 49.4 Å². The first kappa shape index (κ1) is 21.2. The molecule has 0 saturated carbocycles. The van der Waals surface area contributed by atoms with Crippen LogP contribution in [0.1, 0.15) is 24.3 Å². The number of halogens is 2. The molecule has 0 bridgehead atoms. The summed E-state index contributed by atoms with van der Waals surface area (Å²) < 4.78 is 7.48. The van der Waals surface area contributed by atoms with Crippen molar-refractivity contribution in [1.29, 1.82) is 0 Å². The van der Waals surface area contributed by atoms with Crippen LogP contribution >= 0.6 is 31.9 Å². The van der Waals surface area contributed by atoms with E-state index in [0.29, 0.717) is 18.3 Å². The molecule has 0 unspecified atom stereocenters. The van der Waals surface area contributed by atoms with Crippen molar-refractivity contribution < 1.29 is 9.32 Å². The number of aromatic nitrogens is 2. The van der Waals surface area contributed by atoms with Crippen LogP contribution in [0.4, 0.5) is 5.69 Å². The number of rotatable bonds is 5. The molecule has 1 amide bonds. The molecule has 2 aromatic carbocycles. The zero-order chi connectivity index (χ0) is 21.1. The highest BCUT2D eigenvalue weighted by atomic mass is 79.9. The maximum atomic E-state index is 12.6. The third-order valence-electron chi connectivity index (χ3n) is 5.31. The second-order valence-electron chi connectivity index (χ2n) is 7.52. The molecule has 0 atom stereocenters. The number of carbonyl (C=O) groups excluding carboxylic acids is 1. The lowest BCUT2D eigenvalue weighted by Crippen LogP contribution is -2.37. The molecule has 2 heterocycles. The summed E-state index contributed by atoms with van der Waals surface area (Å²) in [6, 6.07) is 13.7. The Balaban J connectivity index is 1.29. The Bertz CT molecular complexity index is 1030. The van der Waals surface area contributed by atoms with Crippen LogP contribution in [0.3, 0.4) is 0 Å². The van der Waals surface area contributed by atoms with Gasteiger partial charge in [-0.25, -0.2) is 0 Å². The molecule has 156 valence electrons. The van der Waals surface area contributed by atoms with Crippen molar-refractivity contribution in [2.75, 3.05) is 18.4 Å². The maximum absolute atomic E-state index is 12.6. The van der Waals surface area contributed by atoms with Crippen LogP contribution < -0.4 is 5.32 Å². The normalized spacial score (nSPS) is 15.3. The minimum atomic E-state index is 0.0196. The molecule has 8 heteroatoms. The molecule has 0 radical (unpaired) electrons. The van der Waals surface area contributed by atoms with Crippen molar-refractivity contribution in [2.24, 2.45) is 5.92 Å². The summed E-state index contributed by atoms with van der Waals surface area (Å²) in [4.78, 5) is 19.4. The van der Waals surface area contributed by atoms with Crippen LogP contribution in [0.2, 0.25) is 0 Å². The molecule has 1 fully saturated rings. The van der Waals surface area contributed by atoms with Gasteiger partial charge in [0.15, 0.2) is 0 Å². The van der Waals surface area contributed by atoms with Crippen molar-refractivity contribution in [3.8, 4) is 11.4 Å². The van der Waals surface area contributed by atoms with E-state index in [4.69, 9.17) is 4.52 Å². The Labute approximate surface area is 192 Å². The molecule has 1 saturated heterocycles. The van der Waals surface area contributed by atoms with E-state index < -0.39 is 0 Å². The predicted octanol–water partition coefficient (Wildman–Crippen LogP) is 5.42. The topological polar surface area (TPSA) is 71.3 Å². The molecule has 0 spiro atoms. The van der Waals surface area contributed by atoms with E-state index in [1.54, 1.807) is 0 Å². The van der Waals surface area contributed by atoms with Gasteiger partial charge in [-0.05, 0) is 80.9 Å². The predicted molar refractivity (Wildman–Crippen MR) is 123 cm³/mol. The average molecular weight is 534 g/mol. The van der Waals surface area contributed by atoms with Crippen LogP contribution in [-0.4, -0.2) is 34.0 Å². The van der Waals surface area contributed by atoms with Gasteiger partial charge in [-0.15, -0.1) is 0 Å². The van der Waals surface area contributed by atoms with E-state index in [9.17, 15) is 4.79 Å². The third-order valence-corrected chi connectivity index (χ3v) is 6.73. The maximum Gasteiger partial charge on any atom is 0.241 e.